The largest absolute Gasteiger partial charge is 0.504 e. The summed E-state index contributed by atoms with van der Waals surface area (Å²) in [6, 6.07) is 4.22. The highest BCUT2D eigenvalue weighted by Crippen LogP contribution is 2.31. The van der Waals surface area contributed by atoms with Crippen LogP contribution in [0.2, 0.25) is 0 Å². The van der Waals surface area contributed by atoms with Gasteiger partial charge >= 0.3 is 0 Å². The van der Waals surface area contributed by atoms with Crippen LogP contribution in [0.1, 0.15) is 71.3 Å². The number of benzene rings is 1. The normalized spacial score (nSPS) is 18.7. The number of piperidine rings is 1. The molecule has 1 unspecified atom stereocenters. The molecule has 1 aromatic rings. The molecule has 1 heterocycles. The first-order valence-electron chi connectivity index (χ1n) is 13.7. The second kappa shape index (κ2) is 13.3. The van der Waals surface area contributed by atoms with Gasteiger partial charge < -0.3 is 25.7 Å². The van der Waals surface area contributed by atoms with Crippen molar-refractivity contribution >= 4 is 18.2 Å². The first kappa shape index (κ1) is 29.7. The zero-order valence-electron chi connectivity index (χ0n) is 22.9. The van der Waals surface area contributed by atoms with Crippen LogP contribution in [0, 0.1) is 17.3 Å². The summed E-state index contributed by atoms with van der Waals surface area (Å²) in [5.74, 6) is -0.929. The average Bonchev–Trinajstić information content (AvgIpc) is 3.39. The van der Waals surface area contributed by atoms with Gasteiger partial charge in [0.25, 0.3) is 0 Å². The van der Waals surface area contributed by atoms with Crippen molar-refractivity contribution in [2.75, 3.05) is 19.6 Å². The Hall–Kier alpha value is -2.85. The van der Waals surface area contributed by atoms with Crippen molar-refractivity contribution in [3.63, 3.8) is 0 Å². The van der Waals surface area contributed by atoms with Gasteiger partial charge in [-0.25, -0.2) is 5.06 Å². The third-order valence-electron chi connectivity index (χ3n) is 7.83. The Morgan fingerprint density at radius 3 is 2.34 bits per heavy atom. The maximum absolute atomic E-state index is 13.6. The molecule has 38 heavy (non-hydrogen) atoms. The lowest BCUT2D eigenvalue weighted by Gasteiger charge is -2.39. The smallest absolute Gasteiger partial charge is 0.245 e. The van der Waals surface area contributed by atoms with E-state index in [1.807, 2.05) is 20.8 Å². The average molecular weight is 533 g/mol. The van der Waals surface area contributed by atoms with E-state index in [4.69, 9.17) is 0 Å². The lowest BCUT2D eigenvalue weighted by atomic mass is 9.84. The summed E-state index contributed by atoms with van der Waals surface area (Å²) in [5, 5.41) is 35.9. The van der Waals surface area contributed by atoms with Crippen molar-refractivity contribution < 1.29 is 29.8 Å². The molecule has 10 heteroatoms. The van der Waals surface area contributed by atoms with Gasteiger partial charge in [-0.15, -0.1) is 0 Å². The van der Waals surface area contributed by atoms with Crippen LogP contribution in [0.4, 0.5) is 0 Å². The lowest BCUT2D eigenvalue weighted by molar-refractivity contribution is -0.156. The first-order valence-corrected chi connectivity index (χ1v) is 13.7. The topological polar surface area (TPSA) is 142 Å². The maximum atomic E-state index is 13.6. The number of carbonyl (C=O) groups excluding carboxylic acids is 3. The Labute approximate surface area is 225 Å². The molecule has 1 saturated carbocycles. The number of nitrogens with zero attached hydrogens (tertiary/aromatic N) is 2. The molecule has 0 spiro atoms. The van der Waals surface area contributed by atoms with Crippen LogP contribution >= 0.6 is 0 Å². The number of hydroxylamine groups is 2. The van der Waals surface area contributed by atoms with E-state index in [0.29, 0.717) is 43.4 Å². The number of nitrogens with one attached hydrogen (secondary N) is 2. The molecule has 0 radical (unpaired) electrons. The Morgan fingerprint density at radius 2 is 1.76 bits per heavy atom. The number of carbonyl (C=O) groups is 3. The number of amides is 3. The fraction of sp³-hybridized carbons (Fsp3) is 0.679. The van der Waals surface area contributed by atoms with Gasteiger partial charge in [-0.3, -0.25) is 19.6 Å². The van der Waals surface area contributed by atoms with Gasteiger partial charge in [0, 0.05) is 25.7 Å². The van der Waals surface area contributed by atoms with Crippen LogP contribution in [0.5, 0.6) is 11.5 Å². The number of phenols is 2. The third kappa shape index (κ3) is 8.33. The quantitative estimate of drug-likeness (QED) is 0.128. The maximum Gasteiger partial charge on any atom is 0.245 e. The molecule has 5 N–H and O–H groups in total. The SMILES string of the molecule is CC(C)(C)[C@H](NC(=O)C(CC1CCCC1)CN(O)C=O)C(=O)N1CCC(NCc2ccc(O)c(O)c2)CC1. The standard InChI is InChI=1S/C28H44N4O6/c1-28(2,3)25(30-26(36)21(17-32(38)18-33)14-19-6-4-5-7-19)27(37)31-12-10-22(11-13-31)29-16-20-8-9-23(34)24(35)15-20/h8-9,15,18-19,21-22,25,29,34-35,38H,4-7,10-14,16-17H2,1-3H3,(H,30,36)/t21?,25-/m1/s1. The summed E-state index contributed by atoms with van der Waals surface area (Å²) in [4.78, 5) is 39.8. The molecule has 212 valence electrons. The Kier molecular flexibility index (Phi) is 10.4. The van der Waals surface area contributed by atoms with Gasteiger partial charge in [-0.2, -0.15) is 0 Å². The van der Waals surface area contributed by atoms with Gasteiger partial charge in [0.2, 0.25) is 18.2 Å². The number of phenolic OH excluding ortho intramolecular Hbond substituents is 2. The lowest BCUT2D eigenvalue weighted by Crippen LogP contribution is -2.58. The third-order valence-corrected chi connectivity index (χ3v) is 7.83. The van der Waals surface area contributed by atoms with Crippen molar-refractivity contribution in [3.05, 3.63) is 23.8 Å². The highest BCUT2D eigenvalue weighted by atomic mass is 16.5. The van der Waals surface area contributed by atoms with Crippen molar-refractivity contribution in [2.45, 2.75) is 84.3 Å². The van der Waals surface area contributed by atoms with E-state index in [9.17, 15) is 29.8 Å². The molecular weight excluding hydrogens is 488 g/mol. The van der Waals surface area contributed by atoms with Crippen molar-refractivity contribution in [2.24, 2.45) is 17.3 Å². The van der Waals surface area contributed by atoms with Gasteiger partial charge in [-0.1, -0.05) is 52.5 Å². The van der Waals surface area contributed by atoms with Crippen LogP contribution in [0.15, 0.2) is 18.2 Å². The van der Waals surface area contributed by atoms with Gasteiger partial charge in [0.15, 0.2) is 11.5 Å². The van der Waals surface area contributed by atoms with Gasteiger partial charge in [0.1, 0.15) is 6.04 Å². The predicted molar refractivity (Wildman–Crippen MR) is 142 cm³/mol. The monoisotopic (exact) mass is 532 g/mol. The predicted octanol–water partition coefficient (Wildman–Crippen LogP) is 2.75. The van der Waals surface area contributed by atoms with Crippen molar-refractivity contribution in [1.29, 1.82) is 0 Å². The van der Waals surface area contributed by atoms with Crippen LogP contribution in [-0.4, -0.2) is 75.3 Å². The molecular formula is C28H44N4O6. The second-order valence-corrected chi connectivity index (χ2v) is 11.9. The van der Waals surface area contributed by atoms with Crippen LogP contribution < -0.4 is 10.6 Å². The van der Waals surface area contributed by atoms with E-state index in [1.165, 1.54) is 12.1 Å². The molecule has 1 saturated heterocycles. The minimum Gasteiger partial charge on any atom is -0.504 e. The van der Waals surface area contributed by atoms with E-state index in [1.54, 1.807) is 11.0 Å². The highest BCUT2D eigenvalue weighted by molar-refractivity contribution is 5.89. The Morgan fingerprint density at radius 1 is 1.11 bits per heavy atom. The van der Waals surface area contributed by atoms with Crippen LogP contribution in [0.3, 0.4) is 0 Å². The summed E-state index contributed by atoms with van der Waals surface area (Å²) in [7, 11) is 0. The summed E-state index contributed by atoms with van der Waals surface area (Å²) in [6.45, 7) is 7.33. The van der Waals surface area contributed by atoms with Crippen molar-refractivity contribution in [1.82, 2.24) is 20.6 Å². The van der Waals surface area contributed by atoms with Crippen LogP contribution in [-0.2, 0) is 20.9 Å². The highest BCUT2D eigenvalue weighted by Gasteiger charge is 2.38. The Balaban J connectivity index is 1.58. The Bertz CT molecular complexity index is 951. The van der Waals surface area contributed by atoms with E-state index in [0.717, 1.165) is 44.1 Å². The van der Waals surface area contributed by atoms with E-state index >= 15 is 0 Å². The van der Waals surface area contributed by atoms with E-state index in [-0.39, 0.29) is 35.9 Å². The molecule has 0 aromatic heterocycles. The molecule has 2 atom stereocenters. The zero-order valence-corrected chi connectivity index (χ0v) is 22.9. The zero-order chi connectivity index (χ0) is 27.9. The summed E-state index contributed by atoms with van der Waals surface area (Å²) < 4.78 is 0. The molecule has 0 bridgehead atoms. The van der Waals surface area contributed by atoms with Crippen molar-refractivity contribution in [3.8, 4) is 11.5 Å². The molecule has 3 rings (SSSR count). The summed E-state index contributed by atoms with van der Waals surface area (Å²) >= 11 is 0. The molecule has 1 aliphatic carbocycles. The minimum atomic E-state index is -0.728. The number of rotatable bonds is 11. The molecule has 10 nitrogen and oxygen atoms in total. The summed E-state index contributed by atoms with van der Waals surface area (Å²) in [6.07, 6.45) is 6.72. The van der Waals surface area contributed by atoms with E-state index in [2.05, 4.69) is 10.6 Å². The fourth-order valence-electron chi connectivity index (χ4n) is 5.52. The summed E-state index contributed by atoms with van der Waals surface area (Å²) in [5.41, 5.74) is 0.335. The number of aromatic hydroxyl groups is 2. The van der Waals surface area contributed by atoms with Crippen LogP contribution in [0.25, 0.3) is 0 Å². The molecule has 2 fully saturated rings. The first-order chi connectivity index (χ1) is 18.0. The van der Waals surface area contributed by atoms with E-state index < -0.39 is 17.4 Å². The van der Waals surface area contributed by atoms with Gasteiger partial charge in [-0.05, 0) is 48.3 Å². The van der Waals surface area contributed by atoms with Gasteiger partial charge in [0.05, 0.1) is 12.5 Å². The molecule has 1 aliphatic heterocycles. The number of hydrogen-bond donors (Lipinski definition) is 5. The minimum absolute atomic E-state index is 0.0905. The fourth-order valence-corrected chi connectivity index (χ4v) is 5.52. The number of hydrogen-bond acceptors (Lipinski definition) is 7. The molecule has 2 aliphatic rings. The number of likely N-dealkylation sites (tertiary alicyclic amines) is 1. The molecule has 3 amide bonds. The molecule has 1 aromatic carbocycles. The second-order valence-electron chi connectivity index (χ2n) is 11.9.